The standard InChI is InChI=1S/C31H29FN4O5/c1-20-9-11-23(15-25(20)32)36-17-26(21-6-3-2-4-7-21)33-31(36)34-29(37)18-35(16-24-8-5-13-39-24)30(38)22-10-12-27-28(14-22)41-19-40-27/h2-4,6-7,9-12,14-15,17,24H,5,8,13,16,18-19H2,1H3,(H,33,34,37)/t24-/m1/s1. The number of benzene rings is 3. The van der Waals surface area contributed by atoms with Crippen LogP contribution in [0.15, 0.2) is 72.9 Å². The number of carbonyl (C=O) groups excluding carboxylic acids is 2. The first-order valence-corrected chi connectivity index (χ1v) is 13.5. The van der Waals surface area contributed by atoms with E-state index in [9.17, 15) is 14.0 Å². The van der Waals surface area contributed by atoms with Gasteiger partial charge in [0.05, 0.1) is 17.5 Å². The predicted molar refractivity (Wildman–Crippen MR) is 150 cm³/mol. The molecule has 0 bridgehead atoms. The number of carbonyl (C=O) groups is 2. The van der Waals surface area contributed by atoms with E-state index in [0.29, 0.717) is 40.6 Å². The van der Waals surface area contributed by atoms with Gasteiger partial charge in [-0.2, -0.15) is 0 Å². The first kappa shape index (κ1) is 26.5. The Morgan fingerprint density at radius 1 is 1.07 bits per heavy atom. The summed E-state index contributed by atoms with van der Waals surface area (Å²) in [5.41, 5.74) is 2.84. The molecule has 1 aromatic heterocycles. The van der Waals surface area contributed by atoms with E-state index in [0.717, 1.165) is 18.4 Å². The summed E-state index contributed by atoms with van der Waals surface area (Å²) in [7, 11) is 0. The van der Waals surface area contributed by atoms with Crippen molar-refractivity contribution in [3.8, 4) is 28.4 Å². The van der Waals surface area contributed by atoms with Gasteiger partial charge in [0.2, 0.25) is 18.6 Å². The van der Waals surface area contributed by atoms with Crippen molar-refractivity contribution in [3.05, 3.63) is 89.9 Å². The van der Waals surface area contributed by atoms with E-state index >= 15 is 0 Å². The molecule has 0 spiro atoms. The molecule has 0 saturated carbocycles. The first-order chi connectivity index (χ1) is 19.9. The van der Waals surface area contributed by atoms with E-state index in [1.54, 1.807) is 48.0 Å². The normalized spacial score (nSPS) is 15.6. The number of imidazole rings is 1. The molecule has 0 radical (unpaired) electrons. The molecule has 4 aromatic rings. The molecular weight excluding hydrogens is 527 g/mol. The molecule has 3 heterocycles. The number of hydrogen-bond acceptors (Lipinski definition) is 6. The highest BCUT2D eigenvalue weighted by Crippen LogP contribution is 2.33. The minimum atomic E-state index is -0.448. The van der Waals surface area contributed by atoms with E-state index in [1.165, 1.54) is 11.0 Å². The third kappa shape index (κ3) is 5.78. The Hall–Kier alpha value is -4.70. The number of halogens is 1. The summed E-state index contributed by atoms with van der Waals surface area (Å²) in [6.45, 7) is 2.43. The van der Waals surface area contributed by atoms with Gasteiger partial charge in [0.1, 0.15) is 12.4 Å². The molecule has 9 nitrogen and oxygen atoms in total. The van der Waals surface area contributed by atoms with Crippen molar-refractivity contribution in [1.29, 1.82) is 0 Å². The zero-order valence-corrected chi connectivity index (χ0v) is 22.5. The molecule has 1 N–H and O–H groups in total. The summed E-state index contributed by atoms with van der Waals surface area (Å²) < 4.78 is 32.7. The molecule has 2 amide bonds. The number of anilines is 1. The van der Waals surface area contributed by atoms with Crippen LogP contribution in [-0.4, -0.2) is 58.9 Å². The molecule has 6 rings (SSSR count). The van der Waals surface area contributed by atoms with Crippen LogP contribution in [0.3, 0.4) is 0 Å². The number of rotatable bonds is 8. The second-order valence-electron chi connectivity index (χ2n) is 10.1. The van der Waals surface area contributed by atoms with Crippen molar-refractivity contribution in [2.24, 2.45) is 0 Å². The van der Waals surface area contributed by atoms with Crippen LogP contribution in [0.1, 0.15) is 28.8 Å². The molecule has 2 aliphatic heterocycles. The zero-order chi connectivity index (χ0) is 28.3. The Balaban J connectivity index is 1.27. The molecule has 1 saturated heterocycles. The van der Waals surface area contributed by atoms with Crippen molar-refractivity contribution in [1.82, 2.24) is 14.5 Å². The Bertz CT molecular complexity index is 1580. The predicted octanol–water partition coefficient (Wildman–Crippen LogP) is 4.98. The number of aryl methyl sites for hydroxylation is 1. The van der Waals surface area contributed by atoms with Crippen molar-refractivity contribution < 1.29 is 28.2 Å². The average molecular weight is 557 g/mol. The second-order valence-corrected chi connectivity index (χ2v) is 10.1. The van der Waals surface area contributed by atoms with Crippen LogP contribution in [-0.2, 0) is 9.53 Å². The smallest absolute Gasteiger partial charge is 0.254 e. The van der Waals surface area contributed by atoms with Gasteiger partial charge in [-0.05, 0) is 55.7 Å². The van der Waals surface area contributed by atoms with Crippen LogP contribution in [0, 0.1) is 12.7 Å². The molecule has 210 valence electrons. The van der Waals surface area contributed by atoms with Crippen molar-refractivity contribution in [3.63, 3.8) is 0 Å². The van der Waals surface area contributed by atoms with Gasteiger partial charge in [-0.25, -0.2) is 9.37 Å². The zero-order valence-electron chi connectivity index (χ0n) is 22.5. The van der Waals surface area contributed by atoms with E-state index in [4.69, 9.17) is 14.2 Å². The third-order valence-corrected chi connectivity index (χ3v) is 7.15. The van der Waals surface area contributed by atoms with Gasteiger partial charge in [0, 0.05) is 30.5 Å². The van der Waals surface area contributed by atoms with Crippen molar-refractivity contribution in [2.45, 2.75) is 25.9 Å². The summed E-state index contributed by atoms with van der Waals surface area (Å²) >= 11 is 0. The molecule has 0 aliphatic carbocycles. The molecule has 1 fully saturated rings. The lowest BCUT2D eigenvalue weighted by molar-refractivity contribution is -0.117. The molecular formula is C31H29FN4O5. The lowest BCUT2D eigenvalue weighted by Gasteiger charge is -2.25. The highest BCUT2D eigenvalue weighted by Gasteiger charge is 2.27. The second kappa shape index (κ2) is 11.4. The maximum absolute atomic E-state index is 14.5. The number of nitrogens with one attached hydrogen (secondary N) is 1. The fraction of sp³-hybridized carbons (Fsp3) is 0.258. The minimum Gasteiger partial charge on any atom is -0.454 e. The number of nitrogens with zero attached hydrogens (tertiary/aromatic N) is 3. The number of amides is 2. The van der Waals surface area contributed by atoms with Gasteiger partial charge >= 0.3 is 0 Å². The molecule has 41 heavy (non-hydrogen) atoms. The number of hydrogen-bond donors (Lipinski definition) is 1. The Morgan fingerprint density at radius 3 is 2.68 bits per heavy atom. The monoisotopic (exact) mass is 556 g/mol. The number of fused-ring (bicyclic) bond motifs is 1. The average Bonchev–Trinajstić information content (AvgIpc) is 3.75. The van der Waals surface area contributed by atoms with Crippen LogP contribution in [0.5, 0.6) is 11.5 Å². The van der Waals surface area contributed by atoms with Gasteiger partial charge in [0.15, 0.2) is 11.5 Å². The molecule has 1 atom stereocenters. The maximum Gasteiger partial charge on any atom is 0.254 e. The first-order valence-electron chi connectivity index (χ1n) is 13.5. The Kier molecular flexibility index (Phi) is 7.39. The van der Waals surface area contributed by atoms with Crippen molar-refractivity contribution >= 4 is 17.8 Å². The van der Waals surface area contributed by atoms with Gasteiger partial charge in [0.25, 0.3) is 5.91 Å². The van der Waals surface area contributed by atoms with Crippen molar-refractivity contribution in [2.75, 3.05) is 31.8 Å². The highest BCUT2D eigenvalue weighted by atomic mass is 19.1. The van der Waals surface area contributed by atoms with Gasteiger partial charge in [-0.15, -0.1) is 0 Å². The quantitative estimate of drug-likeness (QED) is 0.329. The fourth-order valence-corrected chi connectivity index (χ4v) is 4.95. The van der Waals surface area contributed by atoms with Gasteiger partial charge in [-0.3, -0.25) is 19.5 Å². The van der Waals surface area contributed by atoms with Gasteiger partial charge in [-0.1, -0.05) is 36.4 Å². The summed E-state index contributed by atoms with van der Waals surface area (Å²) in [5, 5.41) is 2.85. The van der Waals surface area contributed by atoms with Crippen LogP contribution in [0.2, 0.25) is 0 Å². The third-order valence-electron chi connectivity index (χ3n) is 7.15. The summed E-state index contributed by atoms with van der Waals surface area (Å²) in [6, 6.07) is 19.3. The number of ether oxygens (including phenoxy) is 3. The van der Waals surface area contributed by atoms with Crippen LogP contribution >= 0.6 is 0 Å². The highest BCUT2D eigenvalue weighted by molar-refractivity contribution is 5.99. The largest absolute Gasteiger partial charge is 0.454 e. The molecule has 2 aliphatic rings. The minimum absolute atomic E-state index is 0.0948. The Morgan fingerprint density at radius 2 is 1.90 bits per heavy atom. The Labute approximate surface area is 236 Å². The van der Waals surface area contributed by atoms with Gasteiger partial charge < -0.3 is 19.1 Å². The molecule has 0 unspecified atom stereocenters. The molecule has 10 heteroatoms. The molecule has 3 aromatic carbocycles. The summed E-state index contributed by atoms with van der Waals surface area (Å²) in [5.74, 6) is 0.118. The summed E-state index contributed by atoms with van der Waals surface area (Å²) in [4.78, 5) is 33.2. The lowest BCUT2D eigenvalue weighted by atomic mass is 10.1. The van der Waals surface area contributed by atoms with E-state index in [-0.39, 0.29) is 43.7 Å². The number of aromatic nitrogens is 2. The topological polar surface area (TPSA) is 94.9 Å². The lowest BCUT2D eigenvalue weighted by Crippen LogP contribution is -2.42. The maximum atomic E-state index is 14.5. The van der Waals surface area contributed by atoms with Crippen LogP contribution < -0.4 is 14.8 Å². The SMILES string of the molecule is Cc1ccc(-n2cc(-c3ccccc3)nc2NC(=O)CN(C[C@H]2CCCO2)C(=O)c2ccc3c(c2)OCO3)cc1F. The van der Waals surface area contributed by atoms with Crippen LogP contribution in [0.4, 0.5) is 10.3 Å². The fourth-order valence-electron chi connectivity index (χ4n) is 4.95. The van der Waals surface area contributed by atoms with Crippen LogP contribution in [0.25, 0.3) is 16.9 Å². The summed E-state index contributed by atoms with van der Waals surface area (Å²) in [6.07, 6.45) is 3.28. The van der Waals surface area contributed by atoms with E-state index in [2.05, 4.69) is 10.3 Å². The van der Waals surface area contributed by atoms with E-state index < -0.39 is 5.91 Å². The van der Waals surface area contributed by atoms with E-state index in [1.807, 2.05) is 30.3 Å².